The average molecular weight is 440 g/mol. The van der Waals surface area contributed by atoms with Gasteiger partial charge in [-0.2, -0.15) is 0 Å². The number of rotatable bonds is 5. The van der Waals surface area contributed by atoms with Crippen molar-refractivity contribution in [3.8, 4) is 11.5 Å². The molecule has 0 spiro atoms. The maximum atomic E-state index is 13.5. The fraction of sp³-hybridized carbons (Fsp3) is 0.143. The van der Waals surface area contributed by atoms with E-state index >= 15 is 0 Å². The molecule has 33 heavy (non-hydrogen) atoms. The Morgan fingerprint density at radius 1 is 0.848 bits per heavy atom. The van der Waals surface area contributed by atoms with Gasteiger partial charge in [0.05, 0.1) is 18.3 Å². The van der Waals surface area contributed by atoms with Gasteiger partial charge in [0.1, 0.15) is 11.5 Å². The average Bonchev–Trinajstić information content (AvgIpc) is 3.05. The normalized spacial score (nSPS) is 14.7. The van der Waals surface area contributed by atoms with Gasteiger partial charge in [-0.1, -0.05) is 36.4 Å². The number of benzene rings is 3. The Labute approximate surface area is 193 Å². The molecule has 0 aliphatic carbocycles. The minimum atomic E-state index is -0.546. The van der Waals surface area contributed by atoms with E-state index in [4.69, 9.17) is 9.47 Å². The van der Waals surface area contributed by atoms with E-state index in [1.165, 1.54) is 7.11 Å². The molecule has 5 heteroatoms. The highest BCUT2D eigenvalue weighted by atomic mass is 16.5. The molecule has 0 aromatic heterocycles. The van der Waals surface area contributed by atoms with E-state index in [-0.39, 0.29) is 17.1 Å². The van der Waals surface area contributed by atoms with Crippen LogP contribution in [0.1, 0.15) is 23.6 Å². The number of allylic oxidation sites excluding steroid dienone is 1. The summed E-state index contributed by atoms with van der Waals surface area (Å²) in [5.41, 5.74) is 4.74. The Hall–Kier alpha value is -4.12. The highest BCUT2D eigenvalue weighted by molar-refractivity contribution is 6.23. The van der Waals surface area contributed by atoms with Crippen molar-refractivity contribution in [1.82, 2.24) is 0 Å². The van der Waals surface area contributed by atoms with Gasteiger partial charge in [-0.3, -0.25) is 9.69 Å². The zero-order chi connectivity index (χ0) is 23.5. The van der Waals surface area contributed by atoms with Gasteiger partial charge < -0.3 is 9.47 Å². The predicted molar refractivity (Wildman–Crippen MR) is 129 cm³/mol. The fourth-order valence-corrected chi connectivity index (χ4v) is 3.81. The van der Waals surface area contributed by atoms with Crippen LogP contribution in [0.4, 0.5) is 5.69 Å². The second-order valence-electron chi connectivity index (χ2n) is 7.91. The summed E-state index contributed by atoms with van der Waals surface area (Å²) in [4.78, 5) is 27.7. The van der Waals surface area contributed by atoms with Crippen molar-refractivity contribution in [3.63, 3.8) is 0 Å². The van der Waals surface area contributed by atoms with Gasteiger partial charge in [0.15, 0.2) is 0 Å². The SMILES string of the molecule is COC(=O)C1=C(C)N(c2ccc(C)c(C)c2)C(=O)/C1=C\c1cccc(Oc2ccccc2)c1. The Balaban J connectivity index is 1.74. The summed E-state index contributed by atoms with van der Waals surface area (Å²) in [6.45, 7) is 5.77. The molecule has 1 aliphatic heterocycles. The Morgan fingerprint density at radius 3 is 2.27 bits per heavy atom. The van der Waals surface area contributed by atoms with E-state index in [0.29, 0.717) is 22.9 Å². The third-order valence-corrected chi connectivity index (χ3v) is 5.69. The molecule has 5 nitrogen and oxygen atoms in total. The summed E-state index contributed by atoms with van der Waals surface area (Å²) >= 11 is 0. The Kier molecular flexibility index (Phi) is 6.13. The molecule has 166 valence electrons. The van der Waals surface area contributed by atoms with Crippen LogP contribution in [0.5, 0.6) is 11.5 Å². The number of para-hydroxylation sites is 1. The molecule has 0 saturated heterocycles. The molecule has 3 aromatic rings. The van der Waals surface area contributed by atoms with Gasteiger partial charge >= 0.3 is 5.97 Å². The van der Waals surface area contributed by atoms with Gasteiger partial charge in [-0.25, -0.2) is 4.79 Å². The van der Waals surface area contributed by atoms with E-state index in [0.717, 1.165) is 16.7 Å². The zero-order valence-corrected chi connectivity index (χ0v) is 19.1. The molecular formula is C28H25NO4. The number of aryl methyl sites for hydroxylation is 2. The number of carbonyl (C=O) groups excluding carboxylic acids is 2. The Bertz CT molecular complexity index is 1290. The van der Waals surface area contributed by atoms with Crippen LogP contribution in [0.2, 0.25) is 0 Å². The molecule has 0 N–H and O–H groups in total. The molecule has 0 unspecified atom stereocenters. The zero-order valence-electron chi connectivity index (χ0n) is 19.1. The van der Waals surface area contributed by atoms with E-state index in [1.54, 1.807) is 17.9 Å². The molecule has 4 rings (SSSR count). The van der Waals surface area contributed by atoms with Crippen molar-refractivity contribution < 1.29 is 19.1 Å². The van der Waals surface area contributed by atoms with Crippen LogP contribution in [-0.4, -0.2) is 19.0 Å². The number of hydrogen-bond acceptors (Lipinski definition) is 4. The lowest BCUT2D eigenvalue weighted by Gasteiger charge is -2.19. The molecule has 0 bridgehead atoms. The van der Waals surface area contributed by atoms with Gasteiger partial charge in [-0.15, -0.1) is 0 Å². The van der Waals surface area contributed by atoms with Crippen LogP contribution in [0, 0.1) is 13.8 Å². The topological polar surface area (TPSA) is 55.8 Å². The smallest absolute Gasteiger partial charge is 0.340 e. The van der Waals surface area contributed by atoms with Crippen LogP contribution in [-0.2, 0) is 14.3 Å². The number of anilines is 1. The van der Waals surface area contributed by atoms with Crippen molar-refractivity contribution in [2.24, 2.45) is 0 Å². The first-order valence-electron chi connectivity index (χ1n) is 10.6. The molecule has 1 amide bonds. The highest BCUT2D eigenvalue weighted by Gasteiger charge is 2.38. The summed E-state index contributed by atoms with van der Waals surface area (Å²) in [5.74, 6) is 0.527. The number of nitrogens with zero attached hydrogens (tertiary/aromatic N) is 1. The second kappa shape index (κ2) is 9.17. The lowest BCUT2D eigenvalue weighted by Crippen LogP contribution is -2.24. The Morgan fingerprint density at radius 2 is 1.58 bits per heavy atom. The number of ether oxygens (including phenoxy) is 2. The first-order chi connectivity index (χ1) is 15.9. The van der Waals surface area contributed by atoms with Gasteiger partial charge in [0.25, 0.3) is 5.91 Å². The minimum absolute atomic E-state index is 0.259. The molecular weight excluding hydrogens is 414 g/mol. The van der Waals surface area contributed by atoms with Crippen LogP contribution in [0.25, 0.3) is 6.08 Å². The molecule has 0 atom stereocenters. The highest BCUT2D eigenvalue weighted by Crippen LogP contribution is 2.36. The summed E-state index contributed by atoms with van der Waals surface area (Å²) in [7, 11) is 1.32. The summed E-state index contributed by atoms with van der Waals surface area (Å²) in [6, 6.07) is 22.6. The molecule has 3 aromatic carbocycles. The van der Waals surface area contributed by atoms with E-state index in [9.17, 15) is 9.59 Å². The van der Waals surface area contributed by atoms with Gasteiger partial charge in [0.2, 0.25) is 0 Å². The van der Waals surface area contributed by atoms with E-state index in [1.807, 2.05) is 86.6 Å². The molecule has 1 heterocycles. The lowest BCUT2D eigenvalue weighted by atomic mass is 10.0. The minimum Gasteiger partial charge on any atom is -0.465 e. The van der Waals surface area contributed by atoms with Crippen LogP contribution in [0.15, 0.2) is 89.6 Å². The monoisotopic (exact) mass is 439 g/mol. The molecule has 0 radical (unpaired) electrons. The van der Waals surface area contributed by atoms with E-state index < -0.39 is 5.97 Å². The molecule has 0 fully saturated rings. The third kappa shape index (κ3) is 4.44. The van der Waals surface area contributed by atoms with Crippen LogP contribution < -0.4 is 9.64 Å². The van der Waals surface area contributed by atoms with Gasteiger partial charge in [0, 0.05) is 11.4 Å². The molecule has 1 aliphatic rings. The number of hydrogen-bond donors (Lipinski definition) is 0. The fourth-order valence-electron chi connectivity index (χ4n) is 3.81. The van der Waals surface area contributed by atoms with Crippen molar-refractivity contribution in [3.05, 3.63) is 106 Å². The lowest BCUT2D eigenvalue weighted by molar-refractivity contribution is -0.136. The first kappa shape index (κ1) is 22.1. The first-order valence-corrected chi connectivity index (χ1v) is 10.6. The molecule has 0 saturated carbocycles. The number of methoxy groups -OCH3 is 1. The van der Waals surface area contributed by atoms with E-state index in [2.05, 4.69) is 0 Å². The summed E-state index contributed by atoms with van der Waals surface area (Å²) in [6.07, 6.45) is 1.71. The predicted octanol–water partition coefficient (Wildman–Crippen LogP) is 5.97. The maximum Gasteiger partial charge on any atom is 0.340 e. The maximum absolute atomic E-state index is 13.5. The van der Waals surface area contributed by atoms with Crippen molar-refractivity contribution in [2.75, 3.05) is 12.0 Å². The number of esters is 1. The largest absolute Gasteiger partial charge is 0.465 e. The second-order valence-corrected chi connectivity index (χ2v) is 7.91. The number of amides is 1. The van der Waals surface area contributed by atoms with Crippen molar-refractivity contribution >= 4 is 23.6 Å². The van der Waals surface area contributed by atoms with Crippen LogP contribution in [0.3, 0.4) is 0 Å². The number of carbonyl (C=O) groups is 2. The standard InChI is InChI=1S/C28H25NO4/c1-18-13-14-22(15-19(18)2)29-20(3)26(28(31)32-4)25(27(29)30)17-21-9-8-12-24(16-21)33-23-10-6-5-7-11-23/h5-17H,1-4H3/b25-17-. The van der Waals surface area contributed by atoms with Crippen molar-refractivity contribution in [1.29, 1.82) is 0 Å². The summed E-state index contributed by atoms with van der Waals surface area (Å²) < 4.78 is 10.9. The quantitative estimate of drug-likeness (QED) is 0.363. The summed E-state index contributed by atoms with van der Waals surface area (Å²) in [5, 5.41) is 0. The van der Waals surface area contributed by atoms with Gasteiger partial charge in [-0.05, 0) is 79.9 Å². The van der Waals surface area contributed by atoms with Crippen molar-refractivity contribution in [2.45, 2.75) is 20.8 Å². The third-order valence-electron chi connectivity index (χ3n) is 5.69. The van der Waals surface area contributed by atoms with Crippen LogP contribution >= 0.6 is 0 Å².